The second-order valence-electron chi connectivity index (χ2n) is 4.22. The molecule has 0 atom stereocenters. The number of rotatable bonds is 5. The monoisotopic (exact) mass is 317 g/mol. The van der Waals surface area contributed by atoms with Crippen molar-refractivity contribution in [1.29, 1.82) is 0 Å². The van der Waals surface area contributed by atoms with Crippen LogP contribution in [-0.4, -0.2) is 24.9 Å². The molecule has 0 spiro atoms. The third-order valence-electron chi connectivity index (χ3n) is 2.79. The van der Waals surface area contributed by atoms with Gasteiger partial charge in [-0.2, -0.15) is 15.6 Å². The number of aryl methyl sites for hydroxylation is 1. The molecule has 19 heavy (non-hydrogen) atoms. The summed E-state index contributed by atoms with van der Waals surface area (Å²) < 4.78 is 26.4. The van der Waals surface area contributed by atoms with E-state index in [1.54, 1.807) is 31.4 Å². The minimum atomic E-state index is -3.48. The van der Waals surface area contributed by atoms with E-state index in [1.165, 1.54) is 4.31 Å². The van der Waals surface area contributed by atoms with Crippen molar-refractivity contribution < 1.29 is 13.5 Å². The lowest BCUT2D eigenvalue weighted by Gasteiger charge is -2.15. The van der Waals surface area contributed by atoms with Crippen LogP contribution < -0.4 is 0 Å². The van der Waals surface area contributed by atoms with E-state index < -0.39 is 10.0 Å². The van der Waals surface area contributed by atoms with Crippen molar-refractivity contribution in [2.24, 2.45) is 0 Å². The normalized spacial score (nSPS) is 12.2. The minimum Gasteiger partial charge on any atom is -0.391 e. The molecule has 2 heterocycles. The highest BCUT2D eigenvalue weighted by Crippen LogP contribution is 2.28. The fraction of sp³-hybridized carbons (Fsp3) is 0.333. The molecular formula is C12H15NO3S3. The van der Waals surface area contributed by atoms with Gasteiger partial charge in [0, 0.05) is 18.5 Å². The molecule has 0 saturated carbocycles. The number of hydrogen-bond acceptors (Lipinski definition) is 5. The topological polar surface area (TPSA) is 57.6 Å². The molecule has 2 aromatic heterocycles. The van der Waals surface area contributed by atoms with Gasteiger partial charge in [0.05, 0.1) is 6.61 Å². The summed E-state index contributed by atoms with van der Waals surface area (Å²) in [4.78, 5) is 0.697. The predicted molar refractivity (Wildman–Crippen MR) is 78.0 cm³/mol. The third kappa shape index (κ3) is 3.06. The summed E-state index contributed by atoms with van der Waals surface area (Å²) in [6.07, 6.45) is 0. The van der Waals surface area contributed by atoms with E-state index in [9.17, 15) is 8.42 Å². The summed E-state index contributed by atoms with van der Waals surface area (Å²) in [5.74, 6) is 0. The highest BCUT2D eigenvalue weighted by Gasteiger charge is 2.24. The summed E-state index contributed by atoms with van der Waals surface area (Å²) in [7, 11) is -1.91. The second-order valence-corrected chi connectivity index (χ2v) is 8.41. The molecule has 0 radical (unpaired) electrons. The summed E-state index contributed by atoms with van der Waals surface area (Å²) >= 11 is 2.68. The van der Waals surface area contributed by atoms with Crippen LogP contribution in [0, 0.1) is 6.92 Å². The number of hydrogen-bond donors (Lipinski definition) is 1. The zero-order valence-electron chi connectivity index (χ0n) is 10.7. The molecule has 0 unspecified atom stereocenters. The van der Waals surface area contributed by atoms with Crippen molar-refractivity contribution in [2.45, 2.75) is 24.3 Å². The molecule has 0 amide bonds. The molecule has 0 bridgehead atoms. The molecule has 0 aromatic carbocycles. The number of thiophene rings is 2. The van der Waals surface area contributed by atoms with Crippen LogP contribution in [-0.2, 0) is 23.2 Å². The second kappa shape index (κ2) is 5.72. The Morgan fingerprint density at radius 1 is 1.42 bits per heavy atom. The largest absolute Gasteiger partial charge is 0.391 e. The zero-order chi connectivity index (χ0) is 14.0. The molecule has 0 aliphatic rings. The van der Waals surface area contributed by atoms with Crippen LogP contribution in [0.15, 0.2) is 27.1 Å². The fourth-order valence-electron chi connectivity index (χ4n) is 1.65. The molecule has 2 aromatic rings. The van der Waals surface area contributed by atoms with Crippen LogP contribution in [0.2, 0.25) is 0 Å². The van der Waals surface area contributed by atoms with Gasteiger partial charge in [0.15, 0.2) is 0 Å². The van der Waals surface area contributed by atoms with Gasteiger partial charge in [0.2, 0.25) is 0 Å². The average Bonchev–Trinajstić information content (AvgIpc) is 2.98. The molecule has 7 heteroatoms. The van der Waals surface area contributed by atoms with Gasteiger partial charge in [-0.3, -0.25) is 0 Å². The molecule has 0 aliphatic carbocycles. The van der Waals surface area contributed by atoms with E-state index in [4.69, 9.17) is 5.11 Å². The molecule has 0 aliphatic heterocycles. The van der Waals surface area contributed by atoms with Crippen LogP contribution in [0.3, 0.4) is 0 Å². The fourth-order valence-corrected chi connectivity index (χ4v) is 5.13. The molecular weight excluding hydrogens is 302 g/mol. The maximum atomic E-state index is 12.4. The Morgan fingerprint density at radius 3 is 2.68 bits per heavy atom. The van der Waals surface area contributed by atoms with E-state index >= 15 is 0 Å². The van der Waals surface area contributed by atoms with E-state index in [0.717, 1.165) is 22.5 Å². The zero-order valence-corrected chi connectivity index (χ0v) is 13.1. The molecule has 1 N–H and O–H groups in total. The Bertz CT molecular complexity index is 644. The number of nitrogens with zero attached hydrogens (tertiary/aromatic N) is 1. The Hall–Kier alpha value is -0.730. The van der Waals surface area contributed by atoms with E-state index in [1.807, 2.05) is 16.8 Å². The number of aliphatic hydroxyl groups is 1. The van der Waals surface area contributed by atoms with Gasteiger partial charge >= 0.3 is 0 Å². The smallest absolute Gasteiger partial charge is 0.252 e. The van der Waals surface area contributed by atoms with Gasteiger partial charge in [0.1, 0.15) is 4.21 Å². The average molecular weight is 317 g/mol. The maximum Gasteiger partial charge on any atom is 0.252 e. The van der Waals surface area contributed by atoms with Crippen molar-refractivity contribution in [3.8, 4) is 0 Å². The number of sulfonamides is 1. The molecule has 104 valence electrons. The van der Waals surface area contributed by atoms with E-state index in [-0.39, 0.29) is 10.8 Å². The standard InChI is InChI=1S/C12H15NO3S3/c1-9-5-12(18-11(9)7-14)19(15,16)13(2)6-10-3-4-17-8-10/h3-5,8,14H,6-7H2,1-2H3. The Labute approximate surface area is 121 Å². The highest BCUT2D eigenvalue weighted by atomic mass is 32.2. The summed E-state index contributed by atoms with van der Waals surface area (Å²) in [6.45, 7) is 2.04. The van der Waals surface area contributed by atoms with Crippen LogP contribution in [0.1, 0.15) is 16.0 Å². The van der Waals surface area contributed by atoms with Crippen LogP contribution in [0.25, 0.3) is 0 Å². The lowest BCUT2D eigenvalue weighted by atomic mass is 10.3. The van der Waals surface area contributed by atoms with Crippen molar-refractivity contribution >= 4 is 32.7 Å². The Balaban J connectivity index is 2.25. The van der Waals surface area contributed by atoms with Crippen molar-refractivity contribution in [3.63, 3.8) is 0 Å². The van der Waals surface area contributed by atoms with Gasteiger partial charge in [-0.05, 0) is 40.9 Å². The van der Waals surface area contributed by atoms with Gasteiger partial charge in [-0.1, -0.05) is 0 Å². The van der Waals surface area contributed by atoms with Gasteiger partial charge in [-0.15, -0.1) is 11.3 Å². The highest BCUT2D eigenvalue weighted by molar-refractivity contribution is 7.91. The van der Waals surface area contributed by atoms with Gasteiger partial charge < -0.3 is 5.11 Å². The van der Waals surface area contributed by atoms with Crippen molar-refractivity contribution in [3.05, 3.63) is 38.9 Å². The third-order valence-corrected chi connectivity index (χ3v) is 7.00. The Morgan fingerprint density at radius 2 is 2.16 bits per heavy atom. The summed E-state index contributed by atoms with van der Waals surface area (Å²) in [6, 6.07) is 3.53. The summed E-state index contributed by atoms with van der Waals surface area (Å²) in [5, 5.41) is 13.0. The lowest BCUT2D eigenvalue weighted by Crippen LogP contribution is -2.25. The molecule has 0 fully saturated rings. The van der Waals surface area contributed by atoms with E-state index in [0.29, 0.717) is 11.4 Å². The van der Waals surface area contributed by atoms with Crippen molar-refractivity contribution in [1.82, 2.24) is 4.31 Å². The molecule has 4 nitrogen and oxygen atoms in total. The molecule has 2 rings (SSSR count). The number of aliphatic hydroxyl groups excluding tert-OH is 1. The first-order valence-electron chi connectivity index (χ1n) is 5.62. The SMILES string of the molecule is Cc1cc(S(=O)(=O)N(C)Cc2ccsc2)sc1CO. The summed E-state index contributed by atoms with van der Waals surface area (Å²) in [5.41, 5.74) is 1.79. The first-order valence-corrected chi connectivity index (χ1v) is 8.82. The van der Waals surface area contributed by atoms with E-state index in [2.05, 4.69) is 0 Å². The lowest BCUT2D eigenvalue weighted by molar-refractivity contribution is 0.285. The maximum absolute atomic E-state index is 12.4. The quantitative estimate of drug-likeness (QED) is 0.921. The van der Waals surface area contributed by atoms with Crippen LogP contribution in [0.5, 0.6) is 0 Å². The van der Waals surface area contributed by atoms with Gasteiger partial charge in [0.25, 0.3) is 10.0 Å². The minimum absolute atomic E-state index is 0.125. The van der Waals surface area contributed by atoms with Gasteiger partial charge in [-0.25, -0.2) is 8.42 Å². The van der Waals surface area contributed by atoms with Crippen LogP contribution >= 0.6 is 22.7 Å². The predicted octanol–water partition coefficient (Wildman–Crippen LogP) is 2.43. The Kier molecular flexibility index (Phi) is 4.42. The van der Waals surface area contributed by atoms with Crippen LogP contribution in [0.4, 0.5) is 0 Å². The molecule has 0 saturated heterocycles. The first-order chi connectivity index (χ1) is 8.95. The first kappa shape index (κ1) is 14.7. The van der Waals surface area contributed by atoms with Crippen molar-refractivity contribution in [2.75, 3.05) is 7.05 Å².